The van der Waals surface area contributed by atoms with Gasteiger partial charge in [-0.1, -0.05) is 0 Å². The van der Waals surface area contributed by atoms with Crippen LogP contribution in [0.3, 0.4) is 0 Å². The number of rotatable bonds is 4. The van der Waals surface area contributed by atoms with E-state index in [9.17, 15) is 13.6 Å². The first-order valence-corrected chi connectivity index (χ1v) is 5.96. The number of amides is 1. The molecule has 20 heavy (non-hydrogen) atoms. The smallest absolute Gasteiger partial charge is 0.260 e. The summed E-state index contributed by atoms with van der Waals surface area (Å²) in [5.74, 6) is -1.85. The van der Waals surface area contributed by atoms with Gasteiger partial charge in [-0.25, -0.2) is 9.37 Å². The Morgan fingerprint density at radius 3 is 2.85 bits per heavy atom. The standard InChI is InChI=1S/C14H12F2N2O2/c1-2-20-12-8-9(15)5-6-11(12)18-14(19)10-4-3-7-17-13(10)16/h3-8H,2H2,1H3,(H,18,19). The summed E-state index contributed by atoms with van der Waals surface area (Å²) in [6.07, 6.45) is 1.25. The summed E-state index contributed by atoms with van der Waals surface area (Å²) in [7, 11) is 0. The second-order valence-electron chi connectivity index (χ2n) is 3.87. The van der Waals surface area contributed by atoms with Crippen LogP contribution in [0.4, 0.5) is 14.5 Å². The Labute approximate surface area is 114 Å². The molecule has 6 heteroatoms. The maximum Gasteiger partial charge on any atom is 0.260 e. The van der Waals surface area contributed by atoms with Gasteiger partial charge < -0.3 is 10.1 Å². The van der Waals surface area contributed by atoms with E-state index in [-0.39, 0.29) is 17.0 Å². The van der Waals surface area contributed by atoms with Gasteiger partial charge in [0.15, 0.2) is 0 Å². The number of halogens is 2. The van der Waals surface area contributed by atoms with Crippen LogP contribution in [0.5, 0.6) is 5.75 Å². The van der Waals surface area contributed by atoms with Gasteiger partial charge in [-0.3, -0.25) is 4.79 Å². The van der Waals surface area contributed by atoms with E-state index in [0.29, 0.717) is 6.61 Å². The maximum atomic E-state index is 13.4. The average Bonchev–Trinajstić information content (AvgIpc) is 2.42. The minimum atomic E-state index is -0.870. The Morgan fingerprint density at radius 1 is 1.35 bits per heavy atom. The van der Waals surface area contributed by atoms with Crippen LogP contribution >= 0.6 is 0 Å². The Bertz CT molecular complexity index is 632. The summed E-state index contributed by atoms with van der Waals surface area (Å²) in [5, 5.41) is 2.47. The third-order valence-electron chi connectivity index (χ3n) is 2.50. The van der Waals surface area contributed by atoms with Crippen molar-refractivity contribution in [2.75, 3.05) is 11.9 Å². The average molecular weight is 278 g/mol. The lowest BCUT2D eigenvalue weighted by molar-refractivity contribution is 0.102. The van der Waals surface area contributed by atoms with E-state index in [1.54, 1.807) is 6.92 Å². The molecule has 0 aliphatic rings. The van der Waals surface area contributed by atoms with Crippen LogP contribution in [0, 0.1) is 11.8 Å². The number of hydrogen-bond acceptors (Lipinski definition) is 3. The zero-order valence-corrected chi connectivity index (χ0v) is 10.7. The summed E-state index contributed by atoms with van der Waals surface area (Å²) in [5.41, 5.74) is 0.0702. The number of pyridine rings is 1. The molecule has 0 aliphatic carbocycles. The molecule has 0 saturated carbocycles. The molecule has 4 nitrogen and oxygen atoms in total. The molecule has 1 heterocycles. The van der Waals surface area contributed by atoms with Crippen molar-refractivity contribution in [3.63, 3.8) is 0 Å². The van der Waals surface area contributed by atoms with Gasteiger partial charge in [-0.05, 0) is 31.2 Å². The molecule has 1 aromatic heterocycles. The van der Waals surface area contributed by atoms with Gasteiger partial charge in [0.2, 0.25) is 5.95 Å². The van der Waals surface area contributed by atoms with Crippen LogP contribution < -0.4 is 10.1 Å². The molecule has 0 aliphatic heterocycles. The van der Waals surface area contributed by atoms with Gasteiger partial charge >= 0.3 is 0 Å². The fraction of sp³-hybridized carbons (Fsp3) is 0.143. The van der Waals surface area contributed by atoms with Crippen LogP contribution in [0.2, 0.25) is 0 Å². The van der Waals surface area contributed by atoms with Crippen LogP contribution in [-0.4, -0.2) is 17.5 Å². The number of carbonyl (C=O) groups is 1. The highest BCUT2D eigenvalue weighted by Crippen LogP contribution is 2.26. The fourth-order valence-electron chi connectivity index (χ4n) is 1.62. The SMILES string of the molecule is CCOc1cc(F)ccc1NC(=O)c1cccnc1F. The molecule has 2 rings (SSSR count). The van der Waals surface area contributed by atoms with Crippen molar-refractivity contribution >= 4 is 11.6 Å². The molecule has 0 radical (unpaired) electrons. The zero-order chi connectivity index (χ0) is 14.5. The molecule has 0 unspecified atom stereocenters. The molecule has 1 aromatic carbocycles. The topological polar surface area (TPSA) is 51.2 Å². The van der Waals surface area contributed by atoms with Crippen molar-refractivity contribution in [3.8, 4) is 5.75 Å². The van der Waals surface area contributed by atoms with Crippen LogP contribution in [0.1, 0.15) is 17.3 Å². The van der Waals surface area contributed by atoms with Crippen molar-refractivity contribution in [1.29, 1.82) is 0 Å². The van der Waals surface area contributed by atoms with Crippen molar-refractivity contribution in [1.82, 2.24) is 4.98 Å². The normalized spacial score (nSPS) is 10.2. The summed E-state index contributed by atoms with van der Waals surface area (Å²) in [6, 6.07) is 6.44. The van der Waals surface area contributed by atoms with E-state index in [1.807, 2.05) is 0 Å². The molecular formula is C14H12F2N2O2. The number of nitrogens with one attached hydrogen (secondary N) is 1. The summed E-state index contributed by atoms with van der Waals surface area (Å²) >= 11 is 0. The highest BCUT2D eigenvalue weighted by Gasteiger charge is 2.14. The number of aromatic nitrogens is 1. The van der Waals surface area contributed by atoms with E-state index >= 15 is 0 Å². The van der Waals surface area contributed by atoms with Gasteiger partial charge in [0.25, 0.3) is 5.91 Å². The minimum Gasteiger partial charge on any atom is -0.492 e. The third-order valence-corrected chi connectivity index (χ3v) is 2.50. The lowest BCUT2D eigenvalue weighted by atomic mass is 10.2. The highest BCUT2D eigenvalue weighted by atomic mass is 19.1. The van der Waals surface area contributed by atoms with Crippen molar-refractivity contribution in [2.45, 2.75) is 6.92 Å². The van der Waals surface area contributed by atoms with Crippen LogP contribution in [0.25, 0.3) is 0 Å². The minimum absolute atomic E-state index is 0.185. The number of nitrogens with zero attached hydrogens (tertiary/aromatic N) is 1. The quantitative estimate of drug-likeness (QED) is 0.875. The Balaban J connectivity index is 2.26. The first-order chi connectivity index (χ1) is 9.61. The maximum absolute atomic E-state index is 13.4. The number of carbonyl (C=O) groups excluding carboxylic acids is 1. The Morgan fingerprint density at radius 2 is 2.15 bits per heavy atom. The van der Waals surface area contributed by atoms with E-state index in [1.165, 1.54) is 30.5 Å². The molecule has 1 N–H and O–H groups in total. The lowest BCUT2D eigenvalue weighted by Crippen LogP contribution is -2.15. The monoisotopic (exact) mass is 278 g/mol. The number of hydrogen-bond donors (Lipinski definition) is 1. The predicted octanol–water partition coefficient (Wildman–Crippen LogP) is 3.01. The molecule has 0 fully saturated rings. The van der Waals surface area contributed by atoms with Gasteiger partial charge in [0.05, 0.1) is 17.9 Å². The van der Waals surface area contributed by atoms with Gasteiger partial charge in [-0.2, -0.15) is 4.39 Å². The first kappa shape index (κ1) is 13.9. The lowest BCUT2D eigenvalue weighted by Gasteiger charge is -2.11. The van der Waals surface area contributed by atoms with Crippen molar-refractivity contribution in [3.05, 3.63) is 53.9 Å². The van der Waals surface area contributed by atoms with E-state index in [4.69, 9.17) is 4.74 Å². The van der Waals surface area contributed by atoms with Crippen molar-refractivity contribution < 1.29 is 18.3 Å². The predicted molar refractivity (Wildman–Crippen MR) is 69.7 cm³/mol. The Hall–Kier alpha value is -2.50. The summed E-state index contributed by atoms with van der Waals surface area (Å²) < 4.78 is 31.7. The molecule has 2 aromatic rings. The van der Waals surface area contributed by atoms with Crippen LogP contribution in [-0.2, 0) is 0 Å². The summed E-state index contributed by atoms with van der Waals surface area (Å²) in [4.78, 5) is 15.3. The molecular weight excluding hydrogens is 266 g/mol. The molecule has 0 spiro atoms. The van der Waals surface area contributed by atoms with E-state index < -0.39 is 17.7 Å². The van der Waals surface area contributed by atoms with Gasteiger partial charge in [0.1, 0.15) is 11.6 Å². The second-order valence-corrected chi connectivity index (χ2v) is 3.87. The molecule has 0 atom stereocenters. The van der Waals surface area contributed by atoms with Gasteiger partial charge in [0, 0.05) is 12.3 Å². The zero-order valence-electron chi connectivity index (χ0n) is 10.7. The Kier molecular flexibility index (Phi) is 4.24. The third kappa shape index (κ3) is 3.09. The molecule has 104 valence electrons. The van der Waals surface area contributed by atoms with E-state index in [0.717, 1.165) is 6.07 Å². The molecule has 0 bridgehead atoms. The fourth-order valence-corrected chi connectivity index (χ4v) is 1.62. The number of anilines is 1. The van der Waals surface area contributed by atoms with Gasteiger partial charge in [-0.15, -0.1) is 0 Å². The largest absolute Gasteiger partial charge is 0.492 e. The summed E-state index contributed by atoms with van der Waals surface area (Å²) in [6.45, 7) is 2.05. The highest BCUT2D eigenvalue weighted by molar-refractivity contribution is 6.04. The first-order valence-electron chi connectivity index (χ1n) is 5.96. The van der Waals surface area contributed by atoms with Crippen LogP contribution in [0.15, 0.2) is 36.5 Å². The van der Waals surface area contributed by atoms with E-state index in [2.05, 4.69) is 10.3 Å². The molecule has 1 amide bonds. The van der Waals surface area contributed by atoms with Crippen molar-refractivity contribution in [2.24, 2.45) is 0 Å². The second kappa shape index (κ2) is 6.10. The number of benzene rings is 1. The molecule has 0 saturated heterocycles. The number of ether oxygens (including phenoxy) is 1.